The zero-order valence-corrected chi connectivity index (χ0v) is 21.8. The van der Waals surface area contributed by atoms with Crippen LogP contribution in [-0.2, 0) is 15.8 Å². The number of carboxylic acids is 1. The number of halogens is 6. The predicted molar refractivity (Wildman–Crippen MR) is 138 cm³/mol. The topological polar surface area (TPSA) is 70.1 Å². The van der Waals surface area contributed by atoms with E-state index < -0.39 is 57.6 Å². The number of carbonyl (C=O) groups is 2. The lowest BCUT2D eigenvalue weighted by molar-refractivity contribution is -0.290. The van der Waals surface area contributed by atoms with Gasteiger partial charge < -0.3 is 19.6 Å². The highest BCUT2D eigenvalue weighted by molar-refractivity contribution is 5.99. The number of rotatable bonds is 3. The molecule has 4 aliphatic rings. The predicted octanol–water partition coefficient (Wildman–Crippen LogP) is 5.99. The minimum Gasteiger partial charge on any atom is -0.478 e. The Hall–Kier alpha value is -4.22. The van der Waals surface area contributed by atoms with Gasteiger partial charge in [-0.1, -0.05) is 12.1 Å². The van der Waals surface area contributed by atoms with E-state index in [1.54, 1.807) is 9.80 Å². The van der Waals surface area contributed by atoms with E-state index in [0.29, 0.717) is 26.2 Å². The van der Waals surface area contributed by atoms with Gasteiger partial charge in [0.2, 0.25) is 5.41 Å². The molecule has 1 spiro atoms. The minimum atomic E-state index is -5.86. The third kappa shape index (κ3) is 3.23. The van der Waals surface area contributed by atoms with E-state index in [2.05, 4.69) is 0 Å². The van der Waals surface area contributed by atoms with Crippen LogP contribution in [0.4, 0.5) is 37.7 Å². The van der Waals surface area contributed by atoms with Gasteiger partial charge in [0, 0.05) is 54.2 Å². The molecule has 6 nitrogen and oxygen atoms in total. The summed E-state index contributed by atoms with van der Waals surface area (Å²) in [7, 11) is 0. The van der Waals surface area contributed by atoms with Crippen LogP contribution in [0.1, 0.15) is 61.4 Å². The number of carboxylic acid groups (broad SMARTS) is 1. The van der Waals surface area contributed by atoms with Crippen LogP contribution in [0.3, 0.4) is 0 Å². The van der Waals surface area contributed by atoms with Crippen molar-refractivity contribution in [2.45, 2.75) is 36.2 Å². The van der Waals surface area contributed by atoms with E-state index in [1.165, 1.54) is 18.2 Å². The van der Waals surface area contributed by atoms with E-state index in [-0.39, 0.29) is 28.1 Å². The summed E-state index contributed by atoms with van der Waals surface area (Å²) in [4.78, 5) is 28.5. The van der Waals surface area contributed by atoms with Gasteiger partial charge in [-0.3, -0.25) is 0 Å². The first-order valence-corrected chi connectivity index (χ1v) is 13.4. The molecule has 218 valence electrons. The summed E-state index contributed by atoms with van der Waals surface area (Å²) in [5, 5.41) is 9.68. The fourth-order valence-corrected chi connectivity index (χ4v) is 6.70. The standard InChI is InChI=1S/C30H22F6N2O4/c31-29(32,33)28(30(34,35)36)23-14-17(37-9-1-10-37)4-7-20(23)27(21-8-5-18(15-24(21)28)38-11-2-12-38)22-13-16(25(39)40)3-6-19(22)26(41)42-27/h3-8,13-15H,1-2,9-12H2,(H,39,40). The minimum absolute atomic E-state index is 0.124. The number of hydrogen-bond donors (Lipinski definition) is 1. The van der Waals surface area contributed by atoms with Gasteiger partial charge in [0.15, 0.2) is 5.60 Å². The Morgan fingerprint density at radius 1 is 0.714 bits per heavy atom. The molecular formula is C30H22F6N2O4. The Labute approximate surface area is 235 Å². The average molecular weight is 589 g/mol. The molecule has 0 saturated carbocycles. The monoisotopic (exact) mass is 588 g/mol. The van der Waals surface area contributed by atoms with Crippen LogP contribution in [0.15, 0.2) is 54.6 Å². The third-order valence-electron chi connectivity index (χ3n) is 8.98. The van der Waals surface area contributed by atoms with Gasteiger partial charge in [-0.25, -0.2) is 9.59 Å². The summed E-state index contributed by atoms with van der Waals surface area (Å²) in [5.74, 6) is -2.37. The second-order valence-corrected chi connectivity index (χ2v) is 11.0. The van der Waals surface area contributed by atoms with Crippen molar-refractivity contribution in [3.8, 4) is 0 Å². The fourth-order valence-electron chi connectivity index (χ4n) is 6.70. The summed E-state index contributed by atoms with van der Waals surface area (Å²) in [6.45, 7) is 1.85. The van der Waals surface area contributed by atoms with Crippen molar-refractivity contribution < 1.29 is 45.8 Å². The SMILES string of the molecule is O=C(O)c1ccc2c(c1)C1(OC2=O)c2ccc(N3CCC3)cc2C(C(F)(F)F)(C(F)(F)F)c2cc(N3CCC3)ccc21. The van der Waals surface area contributed by atoms with E-state index in [1.807, 2.05) is 0 Å². The highest BCUT2D eigenvalue weighted by atomic mass is 19.4. The van der Waals surface area contributed by atoms with Crippen LogP contribution in [0.25, 0.3) is 0 Å². The van der Waals surface area contributed by atoms with E-state index in [4.69, 9.17) is 4.74 Å². The molecule has 42 heavy (non-hydrogen) atoms. The first-order chi connectivity index (χ1) is 19.8. The number of benzene rings is 3. The maximum atomic E-state index is 15.4. The molecule has 0 aromatic heterocycles. The van der Waals surface area contributed by atoms with Gasteiger partial charge in [-0.05, 0) is 66.4 Å². The lowest BCUT2D eigenvalue weighted by Gasteiger charge is -2.49. The molecule has 0 atom stereocenters. The molecule has 2 saturated heterocycles. The van der Waals surface area contributed by atoms with Crippen molar-refractivity contribution in [1.82, 2.24) is 0 Å². The van der Waals surface area contributed by atoms with Gasteiger partial charge in [0.05, 0.1) is 11.1 Å². The zero-order valence-electron chi connectivity index (χ0n) is 21.8. The van der Waals surface area contributed by atoms with Crippen LogP contribution < -0.4 is 9.80 Å². The summed E-state index contributed by atoms with van der Waals surface area (Å²) in [6.07, 6.45) is -10.2. The normalized spacial score (nSPS) is 19.8. The number of alkyl halides is 6. The molecule has 7 rings (SSSR count). The smallest absolute Gasteiger partial charge is 0.411 e. The number of nitrogens with zero attached hydrogens (tertiary/aromatic N) is 2. The van der Waals surface area contributed by atoms with Crippen molar-refractivity contribution in [3.63, 3.8) is 0 Å². The van der Waals surface area contributed by atoms with E-state index in [0.717, 1.165) is 49.2 Å². The maximum Gasteiger partial charge on any atom is 0.411 e. The molecule has 3 aromatic carbocycles. The van der Waals surface area contributed by atoms with Gasteiger partial charge in [-0.15, -0.1) is 0 Å². The Kier molecular flexibility index (Phi) is 5.35. The number of anilines is 2. The number of carbonyl (C=O) groups excluding carboxylic acids is 1. The van der Waals surface area contributed by atoms with Crippen molar-refractivity contribution in [3.05, 3.63) is 93.5 Å². The summed E-state index contributed by atoms with van der Waals surface area (Å²) >= 11 is 0. The largest absolute Gasteiger partial charge is 0.478 e. The highest BCUT2D eigenvalue weighted by Crippen LogP contribution is 2.66. The number of hydrogen-bond acceptors (Lipinski definition) is 5. The third-order valence-corrected chi connectivity index (χ3v) is 8.98. The lowest BCUT2D eigenvalue weighted by atomic mass is 9.59. The number of esters is 1. The second kappa shape index (κ2) is 8.42. The fraction of sp³-hybridized carbons (Fsp3) is 0.333. The molecule has 3 aromatic rings. The van der Waals surface area contributed by atoms with Crippen molar-refractivity contribution in [1.29, 1.82) is 0 Å². The Bertz CT molecular complexity index is 1590. The Morgan fingerprint density at radius 2 is 1.21 bits per heavy atom. The second-order valence-electron chi connectivity index (χ2n) is 11.0. The average Bonchev–Trinajstić information content (AvgIpc) is 3.13. The van der Waals surface area contributed by atoms with Crippen molar-refractivity contribution >= 4 is 23.3 Å². The molecule has 0 bridgehead atoms. The Morgan fingerprint density at radius 3 is 1.62 bits per heavy atom. The summed E-state index contributed by atoms with van der Waals surface area (Å²) in [5.41, 5.74) is -10.1. The van der Waals surface area contributed by atoms with Crippen LogP contribution in [0, 0.1) is 0 Å². The van der Waals surface area contributed by atoms with E-state index in [9.17, 15) is 14.7 Å². The lowest BCUT2D eigenvalue weighted by Crippen LogP contribution is -2.59. The van der Waals surface area contributed by atoms with Gasteiger partial charge >= 0.3 is 24.3 Å². The van der Waals surface area contributed by atoms with Gasteiger partial charge in [0.1, 0.15) is 0 Å². The zero-order chi connectivity index (χ0) is 29.8. The maximum absolute atomic E-state index is 15.4. The first kappa shape index (κ1) is 26.7. The molecule has 12 heteroatoms. The molecule has 1 N–H and O–H groups in total. The molecule has 1 aliphatic carbocycles. The van der Waals surface area contributed by atoms with E-state index >= 15 is 26.3 Å². The highest BCUT2D eigenvalue weighted by Gasteiger charge is 2.77. The molecule has 0 radical (unpaired) electrons. The number of ether oxygens (including phenoxy) is 1. The van der Waals surface area contributed by atoms with Gasteiger partial charge in [0.25, 0.3) is 0 Å². The molecular weight excluding hydrogens is 566 g/mol. The molecule has 0 amide bonds. The van der Waals surface area contributed by atoms with Crippen LogP contribution >= 0.6 is 0 Å². The van der Waals surface area contributed by atoms with Crippen molar-refractivity contribution in [2.24, 2.45) is 0 Å². The quantitative estimate of drug-likeness (QED) is 0.300. The number of fused-ring (bicyclic) bond motifs is 6. The summed E-state index contributed by atoms with van der Waals surface area (Å²) < 4.78 is 98.2. The number of aromatic carboxylic acids is 1. The van der Waals surface area contributed by atoms with Crippen LogP contribution in [-0.4, -0.2) is 55.6 Å². The van der Waals surface area contributed by atoms with Crippen molar-refractivity contribution in [2.75, 3.05) is 36.0 Å². The van der Waals surface area contributed by atoms with Gasteiger partial charge in [-0.2, -0.15) is 26.3 Å². The molecule has 3 heterocycles. The molecule has 2 fully saturated rings. The molecule has 3 aliphatic heterocycles. The van der Waals surface area contributed by atoms with Crippen LogP contribution in [0.2, 0.25) is 0 Å². The van der Waals surface area contributed by atoms with Crippen LogP contribution in [0.5, 0.6) is 0 Å². The Balaban J connectivity index is 1.65. The summed E-state index contributed by atoms with van der Waals surface area (Å²) in [6, 6.07) is 10.4. The molecule has 0 unspecified atom stereocenters. The first-order valence-electron chi connectivity index (χ1n) is 13.4.